The molecule has 6 heteroatoms. The Morgan fingerprint density at radius 2 is 2.40 bits per heavy atom. The monoisotopic (exact) mass is 224 g/mol. The molecule has 0 bridgehead atoms. The molecule has 0 saturated heterocycles. The topological polar surface area (TPSA) is 85.4 Å². The van der Waals surface area contributed by atoms with Gasteiger partial charge in [-0.05, 0) is 18.2 Å². The van der Waals surface area contributed by atoms with Crippen molar-refractivity contribution in [3.63, 3.8) is 0 Å². The molecule has 0 atom stereocenters. The van der Waals surface area contributed by atoms with E-state index < -0.39 is 6.16 Å². The lowest BCUT2D eigenvalue weighted by atomic mass is 10.3. The molecule has 0 saturated carbocycles. The number of ether oxygens (including phenoxy) is 1. The van der Waals surface area contributed by atoms with Crippen molar-refractivity contribution in [2.75, 3.05) is 5.73 Å². The molecule has 1 heterocycles. The summed E-state index contributed by atoms with van der Waals surface area (Å²) in [5.74, 6) is 0. The fourth-order valence-electron chi connectivity index (χ4n) is 1.18. The number of nitrogens with zero attached hydrogens (tertiary/aromatic N) is 1. The van der Waals surface area contributed by atoms with Crippen molar-refractivity contribution in [2.45, 2.75) is 6.61 Å². The summed E-state index contributed by atoms with van der Waals surface area (Å²) in [7, 11) is 0. The molecule has 5 nitrogen and oxygen atoms in total. The third-order valence-corrected chi connectivity index (χ3v) is 2.78. The van der Waals surface area contributed by atoms with Crippen LogP contribution >= 0.6 is 11.3 Å². The zero-order chi connectivity index (χ0) is 10.8. The highest BCUT2D eigenvalue weighted by Gasteiger charge is 2.06. The van der Waals surface area contributed by atoms with E-state index in [1.165, 1.54) is 11.3 Å². The van der Waals surface area contributed by atoms with Crippen LogP contribution in [0.1, 0.15) is 5.01 Å². The van der Waals surface area contributed by atoms with Gasteiger partial charge in [0, 0.05) is 5.69 Å². The van der Waals surface area contributed by atoms with Crippen LogP contribution in [0.5, 0.6) is 0 Å². The van der Waals surface area contributed by atoms with Gasteiger partial charge in [-0.15, -0.1) is 11.3 Å². The number of fused-ring (bicyclic) bond motifs is 1. The average molecular weight is 224 g/mol. The van der Waals surface area contributed by atoms with Crippen molar-refractivity contribution in [2.24, 2.45) is 0 Å². The van der Waals surface area contributed by atoms with Gasteiger partial charge in [-0.3, -0.25) is 0 Å². The lowest BCUT2D eigenvalue weighted by molar-refractivity contribution is 0.0853. The SMILES string of the molecule is Nc1ccc2sc(COC(=O)O)nc2c1. The number of benzene rings is 1. The third-order valence-electron chi connectivity index (χ3n) is 1.78. The Kier molecular flexibility index (Phi) is 2.42. The van der Waals surface area contributed by atoms with Crippen LogP contribution in [0.15, 0.2) is 18.2 Å². The minimum absolute atomic E-state index is 0.0193. The van der Waals surface area contributed by atoms with Crippen molar-refractivity contribution in [1.29, 1.82) is 0 Å². The van der Waals surface area contributed by atoms with Crippen molar-refractivity contribution < 1.29 is 14.6 Å². The quantitative estimate of drug-likeness (QED) is 0.602. The zero-order valence-electron chi connectivity index (χ0n) is 7.64. The maximum absolute atomic E-state index is 10.2. The second-order valence-corrected chi connectivity index (χ2v) is 4.00. The summed E-state index contributed by atoms with van der Waals surface area (Å²) in [6, 6.07) is 5.38. The summed E-state index contributed by atoms with van der Waals surface area (Å²) in [6.45, 7) is -0.0193. The number of hydrogen-bond donors (Lipinski definition) is 2. The molecule has 2 rings (SSSR count). The van der Waals surface area contributed by atoms with E-state index in [0.717, 1.165) is 10.2 Å². The molecule has 0 unspecified atom stereocenters. The smallest absolute Gasteiger partial charge is 0.450 e. The predicted molar refractivity (Wildman–Crippen MR) is 56.8 cm³/mol. The number of nitrogen functional groups attached to an aromatic ring is 1. The molecule has 0 fully saturated rings. The first-order valence-corrected chi connectivity index (χ1v) is 4.97. The standard InChI is InChI=1S/C9H8N2O3S/c10-5-1-2-7-6(3-5)11-8(15-7)4-14-9(12)13/h1-3H,4,10H2,(H,12,13). The summed E-state index contributed by atoms with van der Waals surface area (Å²) in [5, 5.41) is 8.95. The van der Waals surface area contributed by atoms with E-state index in [9.17, 15) is 4.79 Å². The molecule has 0 aliphatic heterocycles. The number of aromatic nitrogens is 1. The van der Waals surface area contributed by atoms with Crippen LogP contribution in [0.4, 0.5) is 10.5 Å². The molecule has 0 aliphatic rings. The largest absolute Gasteiger partial charge is 0.506 e. The van der Waals surface area contributed by atoms with Gasteiger partial charge in [0.1, 0.15) is 11.6 Å². The molecular weight excluding hydrogens is 216 g/mol. The molecule has 3 N–H and O–H groups in total. The lowest BCUT2D eigenvalue weighted by Gasteiger charge is -1.93. The van der Waals surface area contributed by atoms with Crippen LogP contribution in [0, 0.1) is 0 Å². The van der Waals surface area contributed by atoms with Gasteiger partial charge < -0.3 is 15.6 Å². The van der Waals surface area contributed by atoms with Crippen molar-refractivity contribution in [3.05, 3.63) is 23.2 Å². The van der Waals surface area contributed by atoms with Crippen LogP contribution in [-0.2, 0) is 11.3 Å². The van der Waals surface area contributed by atoms with Crippen molar-refractivity contribution in [1.82, 2.24) is 4.98 Å². The minimum Gasteiger partial charge on any atom is -0.450 e. The highest BCUT2D eigenvalue weighted by molar-refractivity contribution is 7.18. The van der Waals surface area contributed by atoms with Gasteiger partial charge in [-0.25, -0.2) is 9.78 Å². The van der Waals surface area contributed by atoms with Gasteiger partial charge in [0.15, 0.2) is 0 Å². The Hall–Kier alpha value is -1.82. The molecule has 1 aromatic carbocycles. The summed E-state index contributed by atoms with van der Waals surface area (Å²) < 4.78 is 5.39. The van der Waals surface area contributed by atoms with E-state index in [0.29, 0.717) is 10.7 Å². The molecule has 78 valence electrons. The summed E-state index contributed by atoms with van der Waals surface area (Å²) in [6.07, 6.45) is -1.30. The van der Waals surface area contributed by atoms with E-state index in [-0.39, 0.29) is 6.61 Å². The minimum atomic E-state index is -1.30. The van der Waals surface area contributed by atoms with Crippen LogP contribution in [-0.4, -0.2) is 16.2 Å². The molecule has 15 heavy (non-hydrogen) atoms. The van der Waals surface area contributed by atoms with Gasteiger partial charge in [0.05, 0.1) is 10.2 Å². The fourth-order valence-corrected chi connectivity index (χ4v) is 2.04. The Balaban J connectivity index is 2.27. The Bertz CT molecular complexity index is 509. The van der Waals surface area contributed by atoms with Gasteiger partial charge >= 0.3 is 6.16 Å². The number of hydrogen-bond acceptors (Lipinski definition) is 5. The first kappa shape index (κ1) is 9.72. The predicted octanol–water partition coefficient (Wildman–Crippen LogP) is 2.07. The fraction of sp³-hybridized carbons (Fsp3) is 0.111. The summed E-state index contributed by atoms with van der Waals surface area (Å²) in [4.78, 5) is 14.4. The number of rotatable bonds is 2. The van der Waals surface area contributed by atoms with E-state index in [1.54, 1.807) is 12.1 Å². The van der Waals surface area contributed by atoms with E-state index in [4.69, 9.17) is 10.8 Å². The summed E-state index contributed by atoms with van der Waals surface area (Å²) in [5.41, 5.74) is 7.00. The normalized spacial score (nSPS) is 10.4. The number of nitrogens with two attached hydrogens (primary N) is 1. The van der Waals surface area contributed by atoms with E-state index in [1.807, 2.05) is 6.07 Å². The maximum atomic E-state index is 10.2. The first-order chi connectivity index (χ1) is 7.15. The molecule has 1 aromatic heterocycles. The molecule has 0 radical (unpaired) electrons. The number of carbonyl (C=O) groups is 1. The van der Waals surface area contributed by atoms with Crippen LogP contribution in [0.3, 0.4) is 0 Å². The van der Waals surface area contributed by atoms with Crippen LogP contribution < -0.4 is 5.73 Å². The van der Waals surface area contributed by atoms with Crippen LogP contribution in [0.25, 0.3) is 10.2 Å². The lowest BCUT2D eigenvalue weighted by Crippen LogP contribution is -1.99. The second-order valence-electron chi connectivity index (χ2n) is 2.89. The molecular formula is C9H8N2O3S. The van der Waals surface area contributed by atoms with E-state index in [2.05, 4.69) is 9.72 Å². The van der Waals surface area contributed by atoms with Crippen molar-refractivity contribution in [3.8, 4) is 0 Å². The number of thiazole rings is 1. The van der Waals surface area contributed by atoms with Gasteiger partial charge in [0.25, 0.3) is 0 Å². The van der Waals surface area contributed by atoms with Gasteiger partial charge in [0.2, 0.25) is 0 Å². The highest BCUT2D eigenvalue weighted by atomic mass is 32.1. The molecule has 0 aliphatic carbocycles. The van der Waals surface area contributed by atoms with Gasteiger partial charge in [-0.2, -0.15) is 0 Å². The number of anilines is 1. The Morgan fingerprint density at radius 1 is 1.60 bits per heavy atom. The van der Waals surface area contributed by atoms with Gasteiger partial charge in [-0.1, -0.05) is 0 Å². The molecule has 2 aromatic rings. The number of carboxylic acid groups (broad SMARTS) is 1. The third kappa shape index (κ3) is 2.16. The first-order valence-electron chi connectivity index (χ1n) is 4.16. The molecule has 0 amide bonds. The average Bonchev–Trinajstić information content (AvgIpc) is 2.56. The zero-order valence-corrected chi connectivity index (χ0v) is 8.45. The second kappa shape index (κ2) is 3.74. The van der Waals surface area contributed by atoms with Crippen LogP contribution in [0.2, 0.25) is 0 Å². The Morgan fingerprint density at radius 3 is 3.13 bits per heavy atom. The maximum Gasteiger partial charge on any atom is 0.506 e. The van der Waals surface area contributed by atoms with Crippen molar-refractivity contribution >= 4 is 33.4 Å². The Labute approximate surface area is 89.1 Å². The summed E-state index contributed by atoms with van der Waals surface area (Å²) >= 11 is 1.39. The highest BCUT2D eigenvalue weighted by Crippen LogP contribution is 2.24. The molecule has 0 spiro atoms. The van der Waals surface area contributed by atoms with E-state index >= 15 is 0 Å².